The van der Waals surface area contributed by atoms with E-state index in [1.807, 2.05) is 31.3 Å². The second-order valence-corrected chi connectivity index (χ2v) is 7.98. The van der Waals surface area contributed by atoms with E-state index < -0.39 is 0 Å². The lowest BCUT2D eigenvalue weighted by atomic mass is 10.1. The summed E-state index contributed by atoms with van der Waals surface area (Å²) >= 11 is 1.46. The SMILES string of the molecule is CC(=O)C(C)Sc1nnc(-c2c[nH]c3ccccc23)n1CC1CCCO1. The number of para-hydroxylation sites is 1. The first-order valence-corrected chi connectivity index (χ1v) is 9.80. The van der Waals surface area contributed by atoms with Gasteiger partial charge in [-0.25, -0.2) is 0 Å². The highest BCUT2D eigenvalue weighted by Crippen LogP contribution is 2.32. The molecule has 3 heterocycles. The van der Waals surface area contributed by atoms with Gasteiger partial charge in [0.25, 0.3) is 0 Å². The molecule has 0 radical (unpaired) electrons. The van der Waals surface area contributed by atoms with E-state index in [0.717, 1.165) is 46.9 Å². The molecule has 1 aliphatic heterocycles. The number of ether oxygens (including phenoxy) is 1. The van der Waals surface area contributed by atoms with Gasteiger partial charge in [-0.2, -0.15) is 0 Å². The van der Waals surface area contributed by atoms with Gasteiger partial charge in [0.15, 0.2) is 11.0 Å². The summed E-state index contributed by atoms with van der Waals surface area (Å²) < 4.78 is 7.94. The molecule has 0 spiro atoms. The molecule has 0 saturated carbocycles. The lowest BCUT2D eigenvalue weighted by Crippen LogP contribution is -2.18. The van der Waals surface area contributed by atoms with Crippen LogP contribution in [0, 0.1) is 0 Å². The van der Waals surface area contributed by atoms with Crippen LogP contribution in [0.4, 0.5) is 0 Å². The standard InChI is InChI=1S/C19H22N4O2S/c1-12(24)13(2)26-19-22-21-18(23(19)11-14-6-5-9-25-14)16-10-20-17-8-4-3-7-15(16)17/h3-4,7-8,10,13-14,20H,5-6,9,11H2,1-2H3. The van der Waals surface area contributed by atoms with Crippen LogP contribution in [0.15, 0.2) is 35.6 Å². The van der Waals surface area contributed by atoms with Gasteiger partial charge in [0.05, 0.1) is 17.9 Å². The third-order valence-electron chi connectivity index (χ3n) is 4.81. The van der Waals surface area contributed by atoms with Crippen LogP contribution in [0.3, 0.4) is 0 Å². The number of carbonyl (C=O) groups is 1. The number of Topliss-reactive ketones (excluding diaryl/α,β-unsaturated/α-hetero) is 1. The zero-order valence-corrected chi connectivity index (χ0v) is 15.8. The normalized spacial score (nSPS) is 18.5. The predicted octanol–water partition coefficient (Wildman–Crippen LogP) is 3.68. The van der Waals surface area contributed by atoms with Crippen molar-refractivity contribution in [3.05, 3.63) is 30.5 Å². The number of rotatable bonds is 6. The number of aromatic nitrogens is 4. The average molecular weight is 370 g/mol. The van der Waals surface area contributed by atoms with Gasteiger partial charge in [0.1, 0.15) is 5.78 Å². The summed E-state index contributed by atoms with van der Waals surface area (Å²) in [7, 11) is 0. The van der Waals surface area contributed by atoms with Gasteiger partial charge in [-0.3, -0.25) is 9.36 Å². The maximum absolute atomic E-state index is 11.7. The number of fused-ring (bicyclic) bond motifs is 1. The van der Waals surface area contributed by atoms with Crippen molar-refractivity contribution in [1.82, 2.24) is 19.7 Å². The van der Waals surface area contributed by atoms with Gasteiger partial charge in [0.2, 0.25) is 0 Å². The lowest BCUT2D eigenvalue weighted by Gasteiger charge is -2.15. The Labute approximate surface area is 156 Å². The van der Waals surface area contributed by atoms with Crippen molar-refractivity contribution < 1.29 is 9.53 Å². The Hall–Kier alpha value is -2.12. The van der Waals surface area contributed by atoms with Crippen LogP contribution in [0.2, 0.25) is 0 Å². The molecule has 2 atom stereocenters. The smallest absolute Gasteiger partial charge is 0.192 e. The summed E-state index contributed by atoms with van der Waals surface area (Å²) in [5.41, 5.74) is 2.09. The molecule has 6 nitrogen and oxygen atoms in total. The first-order valence-electron chi connectivity index (χ1n) is 8.92. The molecule has 1 fully saturated rings. The summed E-state index contributed by atoms with van der Waals surface area (Å²) in [6, 6.07) is 8.16. The summed E-state index contributed by atoms with van der Waals surface area (Å²) in [6.07, 6.45) is 4.27. The number of thioether (sulfide) groups is 1. The molecule has 1 N–H and O–H groups in total. The Balaban J connectivity index is 1.75. The van der Waals surface area contributed by atoms with Gasteiger partial charge in [-0.15, -0.1) is 10.2 Å². The van der Waals surface area contributed by atoms with E-state index in [9.17, 15) is 4.79 Å². The monoisotopic (exact) mass is 370 g/mol. The molecule has 0 bridgehead atoms. The first kappa shape index (κ1) is 17.3. The fraction of sp³-hybridized carbons (Fsp3) is 0.421. The zero-order chi connectivity index (χ0) is 18.1. The van der Waals surface area contributed by atoms with Crippen LogP contribution < -0.4 is 0 Å². The summed E-state index contributed by atoms with van der Waals surface area (Å²) in [4.78, 5) is 15.0. The molecule has 3 aromatic rings. The number of aromatic amines is 1. The van der Waals surface area contributed by atoms with Crippen LogP contribution in [0.5, 0.6) is 0 Å². The number of ketones is 1. The van der Waals surface area contributed by atoms with Crippen molar-refractivity contribution >= 4 is 28.4 Å². The van der Waals surface area contributed by atoms with Crippen LogP contribution in [0.25, 0.3) is 22.3 Å². The second kappa shape index (κ2) is 7.25. The van der Waals surface area contributed by atoms with Gasteiger partial charge in [0, 0.05) is 29.3 Å². The van der Waals surface area contributed by atoms with E-state index in [0.29, 0.717) is 6.54 Å². The maximum Gasteiger partial charge on any atom is 0.192 e. The molecule has 0 amide bonds. The summed E-state index contributed by atoms with van der Waals surface area (Å²) in [5.74, 6) is 0.950. The number of carbonyl (C=O) groups excluding carboxylic acids is 1. The molecule has 26 heavy (non-hydrogen) atoms. The molecule has 1 aromatic carbocycles. The average Bonchev–Trinajstić information content (AvgIpc) is 3.36. The Morgan fingerprint density at radius 2 is 2.27 bits per heavy atom. The zero-order valence-electron chi connectivity index (χ0n) is 14.9. The van der Waals surface area contributed by atoms with E-state index in [-0.39, 0.29) is 17.1 Å². The fourth-order valence-corrected chi connectivity index (χ4v) is 4.09. The number of H-pyrrole nitrogens is 1. The number of nitrogens with zero attached hydrogens (tertiary/aromatic N) is 3. The highest BCUT2D eigenvalue weighted by molar-refractivity contribution is 8.00. The van der Waals surface area contributed by atoms with Gasteiger partial charge in [-0.05, 0) is 32.8 Å². The molecule has 2 aromatic heterocycles. The number of hydrogen-bond acceptors (Lipinski definition) is 5. The van der Waals surface area contributed by atoms with Gasteiger partial charge >= 0.3 is 0 Å². The molecular weight excluding hydrogens is 348 g/mol. The highest BCUT2D eigenvalue weighted by atomic mass is 32.2. The second-order valence-electron chi connectivity index (χ2n) is 6.67. The lowest BCUT2D eigenvalue weighted by molar-refractivity contribution is -0.116. The highest BCUT2D eigenvalue weighted by Gasteiger charge is 2.24. The van der Waals surface area contributed by atoms with Crippen LogP contribution >= 0.6 is 11.8 Å². The Kier molecular flexibility index (Phi) is 4.82. The van der Waals surface area contributed by atoms with E-state index in [2.05, 4.69) is 25.8 Å². The number of hydrogen-bond donors (Lipinski definition) is 1. The van der Waals surface area contributed by atoms with Crippen molar-refractivity contribution in [2.75, 3.05) is 6.61 Å². The summed E-state index contributed by atoms with van der Waals surface area (Å²) in [5, 5.41) is 10.6. The molecule has 2 unspecified atom stereocenters. The molecule has 0 aliphatic carbocycles. The first-order chi connectivity index (χ1) is 12.6. The van der Waals surface area contributed by atoms with Crippen molar-refractivity contribution in [1.29, 1.82) is 0 Å². The summed E-state index contributed by atoms with van der Waals surface area (Å²) in [6.45, 7) is 5.03. The fourth-order valence-electron chi connectivity index (χ4n) is 3.23. The Morgan fingerprint density at radius 1 is 1.42 bits per heavy atom. The van der Waals surface area contributed by atoms with Gasteiger partial charge < -0.3 is 9.72 Å². The molecule has 1 saturated heterocycles. The minimum Gasteiger partial charge on any atom is -0.376 e. The minimum atomic E-state index is -0.154. The Bertz CT molecular complexity index is 927. The van der Waals surface area contributed by atoms with Crippen molar-refractivity contribution in [3.8, 4) is 11.4 Å². The van der Waals surface area contributed by atoms with Crippen LogP contribution in [-0.2, 0) is 16.1 Å². The van der Waals surface area contributed by atoms with Crippen LogP contribution in [0.1, 0.15) is 26.7 Å². The van der Waals surface area contributed by atoms with E-state index in [4.69, 9.17) is 4.74 Å². The predicted molar refractivity (Wildman–Crippen MR) is 102 cm³/mol. The van der Waals surface area contributed by atoms with Crippen molar-refractivity contribution in [2.24, 2.45) is 0 Å². The molecule has 4 rings (SSSR count). The van der Waals surface area contributed by atoms with Gasteiger partial charge in [-0.1, -0.05) is 30.0 Å². The third-order valence-corrected chi connectivity index (χ3v) is 6.01. The topological polar surface area (TPSA) is 72.8 Å². The van der Waals surface area contributed by atoms with Crippen molar-refractivity contribution in [2.45, 2.75) is 49.7 Å². The van der Waals surface area contributed by atoms with E-state index in [1.54, 1.807) is 6.92 Å². The maximum atomic E-state index is 11.7. The largest absolute Gasteiger partial charge is 0.376 e. The van der Waals surface area contributed by atoms with E-state index in [1.165, 1.54) is 11.8 Å². The van der Waals surface area contributed by atoms with Crippen molar-refractivity contribution in [3.63, 3.8) is 0 Å². The minimum absolute atomic E-state index is 0.135. The molecular formula is C19H22N4O2S. The quantitative estimate of drug-likeness (QED) is 0.670. The van der Waals surface area contributed by atoms with E-state index >= 15 is 0 Å². The van der Waals surface area contributed by atoms with Crippen LogP contribution in [-0.4, -0.2) is 43.5 Å². The molecule has 136 valence electrons. The molecule has 7 heteroatoms. The number of benzene rings is 1. The molecule has 1 aliphatic rings. The third kappa shape index (κ3) is 3.29. The number of nitrogens with one attached hydrogen (secondary N) is 1. The Morgan fingerprint density at radius 3 is 3.04 bits per heavy atom.